The van der Waals surface area contributed by atoms with Crippen molar-refractivity contribution in [2.24, 2.45) is 0 Å². The van der Waals surface area contributed by atoms with Crippen LogP contribution in [0.15, 0.2) is 17.1 Å². The molecular weight excluding hydrogens is 254 g/mol. The average molecular weight is 277 g/mol. The first-order chi connectivity index (χ1) is 9.72. The lowest BCUT2D eigenvalue weighted by Gasteiger charge is -2.33. The maximum Gasteiger partial charge on any atom is 0.268 e. The fourth-order valence-corrected chi connectivity index (χ4v) is 2.92. The molecule has 2 fully saturated rings. The van der Waals surface area contributed by atoms with E-state index in [4.69, 9.17) is 0 Å². The van der Waals surface area contributed by atoms with E-state index in [0.717, 1.165) is 44.8 Å². The number of hydrogen-bond acceptors (Lipinski definition) is 5. The van der Waals surface area contributed by atoms with Gasteiger partial charge in [-0.1, -0.05) is 0 Å². The molecule has 1 atom stereocenters. The maximum atomic E-state index is 12.2. The summed E-state index contributed by atoms with van der Waals surface area (Å²) in [5, 5.41) is 7.74. The van der Waals surface area contributed by atoms with Gasteiger partial charge in [0.05, 0.1) is 18.4 Å². The fraction of sp³-hybridized carbons (Fsp3) is 0.714. The van der Waals surface area contributed by atoms with Gasteiger partial charge in [0.1, 0.15) is 0 Å². The summed E-state index contributed by atoms with van der Waals surface area (Å²) < 4.78 is 1.59. The molecule has 0 aliphatic carbocycles. The number of likely N-dealkylation sites (N-methyl/N-ethyl adjacent to an activating group) is 1. The van der Waals surface area contributed by atoms with Crippen molar-refractivity contribution in [1.82, 2.24) is 20.0 Å². The van der Waals surface area contributed by atoms with E-state index in [1.807, 2.05) is 6.20 Å². The van der Waals surface area contributed by atoms with Gasteiger partial charge in [-0.2, -0.15) is 5.10 Å². The third kappa shape index (κ3) is 3.02. The Morgan fingerprint density at radius 2 is 2.15 bits per heavy atom. The van der Waals surface area contributed by atoms with Crippen LogP contribution in [0.5, 0.6) is 0 Å². The third-order valence-electron chi connectivity index (χ3n) is 4.28. The predicted molar refractivity (Wildman–Crippen MR) is 79.2 cm³/mol. The summed E-state index contributed by atoms with van der Waals surface area (Å²) in [7, 11) is 2.13. The molecule has 6 nitrogen and oxygen atoms in total. The maximum absolute atomic E-state index is 12.2. The minimum Gasteiger partial charge on any atom is -0.368 e. The number of anilines is 1. The molecule has 110 valence electrons. The number of piperazine rings is 1. The molecule has 20 heavy (non-hydrogen) atoms. The van der Waals surface area contributed by atoms with Gasteiger partial charge in [0, 0.05) is 38.3 Å². The molecule has 6 heteroatoms. The minimum atomic E-state index is 0.00938. The Labute approximate surface area is 119 Å². The normalized spacial score (nSPS) is 24.2. The summed E-state index contributed by atoms with van der Waals surface area (Å²) in [6.45, 7) is 5.74. The second-order valence-electron chi connectivity index (χ2n) is 5.82. The highest BCUT2D eigenvalue weighted by atomic mass is 16.1. The Balaban J connectivity index is 1.68. The zero-order valence-corrected chi connectivity index (χ0v) is 12.1. The van der Waals surface area contributed by atoms with Crippen molar-refractivity contribution in [3.8, 4) is 0 Å². The highest BCUT2D eigenvalue weighted by Crippen LogP contribution is 2.12. The molecule has 1 N–H and O–H groups in total. The van der Waals surface area contributed by atoms with Crippen LogP contribution >= 0.6 is 0 Å². The molecule has 0 spiro atoms. The molecule has 0 bridgehead atoms. The first-order valence-corrected chi connectivity index (χ1v) is 7.46. The lowest BCUT2D eigenvalue weighted by Crippen LogP contribution is -2.45. The molecule has 0 aromatic carbocycles. The van der Waals surface area contributed by atoms with Crippen molar-refractivity contribution >= 4 is 5.69 Å². The van der Waals surface area contributed by atoms with Crippen LogP contribution in [0.25, 0.3) is 0 Å². The molecule has 3 rings (SSSR count). The van der Waals surface area contributed by atoms with Crippen molar-refractivity contribution < 1.29 is 0 Å². The first kappa shape index (κ1) is 13.6. The van der Waals surface area contributed by atoms with Gasteiger partial charge in [-0.25, -0.2) is 4.68 Å². The summed E-state index contributed by atoms with van der Waals surface area (Å²) >= 11 is 0. The summed E-state index contributed by atoms with van der Waals surface area (Å²) in [5.74, 6) is 0. The summed E-state index contributed by atoms with van der Waals surface area (Å²) in [5.41, 5.74) is 0.967. The second kappa shape index (κ2) is 5.93. The van der Waals surface area contributed by atoms with Crippen molar-refractivity contribution in [3.63, 3.8) is 0 Å². The predicted octanol–water partition coefficient (Wildman–Crippen LogP) is -0.253. The van der Waals surface area contributed by atoms with E-state index in [0.29, 0.717) is 12.6 Å². The van der Waals surface area contributed by atoms with E-state index in [-0.39, 0.29) is 5.56 Å². The van der Waals surface area contributed by atoms with Crippen LogP contribution in [-0.4, -0.2) is 60.5 Å². The first-order valence-electron chi connectivity index (χ1n) is 7.46. The van der Waals surface area contributed by atoms with Crippen LogP contribution in [0.1, 0.15) is 12.8 Å². The van der Waals surface area contributed by atoms with Crippen LogP contribution in [0.3, 0.4) is 0 Å². The molecule has 0 unspecified atom stereocenters. The number of aromatic nitrogens is 2. The van der Waals surface area contributed by atoms with Gasteiger partial charge < -0.3 is 15.1 Å². The van der Waals surface area contributed by atoms with Crippen molar-refractivity contribution in [1.29, 1.82) is 0 Å². The zero-order chi connectivity index (χ0) is 13.9. The fourth-order valence-electron chi connectivity index (χ4n) is 2.92. The zero-order valence-electron chi connectivity index (χ0n) is 12.1. The van der Waals surface area contributed by atoms with Gasteiger partial charge >= 0.3 is 0 Å². The number of nitrogens with zero attached hydrogens (tertiary/aromatic N) is 4. The number of nitrogens with one attached hydrogen (secondary N) is 1. The summed E-state index contributed by atoms with van der Waals surface area (Å²) in [6, 6.07) is 2.13. The summed E-state index contributed by atoms with van der Waals surface area (Å²) in [6.07, 6.45) is 4.16. The Bertz CT molecular complexity index is 501. The highest BCUT2D eigenvalue weighted by molar-refractivity contribution is 5.43. The standard InChI is InChI=1S/C14H23N5O/c1-17-5-7-18(8-6-17)13-9-14(20)19(16-10-13)11-12-3-2-4-15-12/h9-10,12,15H,2-8,11H2,1H3/t12-/m1/s1. The Kier molecular flexibility index (Phi) is 4.03. The van der Waals surface area contributed by atoms with Gasteiger partial charge in [-0.05, 0) is 26.4 Å². The second-order valence-corrected chi connectivity index (χ2v) is 5.82. The third-order valence-corrected chi connectivity index (χ3v) is 4.28. The lowest BCUT2D eigenvalue weighted by atomic mass is 10.2. The van der Waals surface area contributed by atoms with Gasteiger partial charge in [0.25, 0.3) is 5.56 Å². The molecule has 0 radical (unpaired) electrons. The van der Waals surface area contributed by atoms with E-state index in [1.54, 1.807) is 10.7 Å². The van der Waals surface area contributed by atoms with Crippen molar-refractivity contribution in [3.05, 3.63) is 22.6 Å². The number of rotatable bonds is 3. The van der Waals surface area contributed by atoms with Crippen molar-refractivity contribution in [2.75, 3.05) is 44.7 Å². The van der Waals surface area contributed by atoms with Crippen LogP contribution in [0.4, 0.5) is 5.69 Å². The van der Waals surface area contributed by atoms with Crippen LogP contribution in [0, 0.1) is 0 Å². The van der Waals surface area contributed by atoms with E-state index in [2.05, 4.69) is 27.3 Å². The SMILES string of the molecule is CN1CCN(c2cnn(C[C@H]3CCCN3)c(=O)c2)CC1. The molecule has 2 aliphatic rings. The largest absolute Gasteiger partial charge is 0.368 e. The van der Waals surface area contributed by atoms with E-state index in [1.165, 1.54) is 6.42 Å². The number of hydrogen-bond donors (Lipinski definition) is 1. The van der Waals surface area contributed by atoms with Gasteiger partial charge in [0.2, 0.25) is 0 Å². The van der Waals surface area contributed by atoms with Crippen LogP contribution < -0.4 is 15.8 Å². The van der Waals surface area contributed by atoms with Gasteiger partial charge in [-0.3, -0.25) is 4.79 Å². The van der Waals surface area contributed by atoms with Crippen LogP contribution in [-0.2, 0) is 6.54 Å². The Morgan fingerprint density at radius 1 is 1.35 bits per heavy atom. The van der Waals surface area contributed by atoms with E-state index < -0.39 is 0 Å². The molecule has 1 aromatic rings. The molecule has 1 aromatic heterocycles. The minimum absolute atomic E-state index is 0.00938. The monoisotopic (exact) mass is 277 g/mol. The highest BCUT2D eigenvalue weighted by Gasteiger charge is 2.18. The average Bonchev–Trinajstić information content (AvgIpc) is 2.95. The Hall–Kier alpha value is -1.40. The van der Waals surface area contributed by atoms with Gasteiger partial charge in [-0.15, -0.1) is 0 Å². The van der Waals surface area contributed by atoms with Crippen molar-refractivity contribution in [2.45, 2.75) is 25.4 Å². The molecule has 0 amide bonds. The van der Waals surface area contributed by atoms with Crippen LogP contribution in [0.2, 0.25) is 0 Å². The smallest absolute Gasteiger partial charge is 0.268 e. The van der Waals surface area contributed by atoms with Gasteiger partial charge in [0.15, 0.2) is 0 Å². The molecule has 3 heterocycles. The molecule has 2 saturated heterocycles. The quantitative estimate of drug-likeness (QED) is 0.825. The Morgan fingerprint density at radius 3 is 2.80 bits per heavy atom. The molecular formula is C14H23N5O. The van der Waals surface area contributed by atoms with E-state index in [9.17, 15) is 4.79 Å². The van der Waals surface area contributed by atoms with E-state index >= 15 is 0 Å². The topological polar surface area (TPSA) is 53.4 Å². The molecule has 2 aliphatic heterocycles. The lowest BCUT2D eigenvalue weighted by molar-refractivity contribution is 0.312. The summed E-state index contributed by atoms with van der Waals surface area (Å²) in [4.78, 5) is 16.7. The molecule has 0 saturated carbocycles.